The average Bonchev–Trinajstić information content (AvgIpc) is 2.52. The Morgan fingerprint density at radius 1 is 1.30 bits per heavy atom. The van der Waals surface area contributed by atoms with Gasteiger partial charge in [0.2, 0.25) is 0 Å². The molecule has 1 heterocycles. The summed E-state index contributed by atoms with van der Waals surface area (Å²) in [6, 6.07) is 10.8. The van der Waals surface area contributed by atoms with Gasteiger partial charge in [0, 0.05) is 39.3 Å². The monoisotopic (exact) mass is 315 g/mol. The Hall–Kier alpha value is -1.81. The highest BCUT2D eigenvalue weighted by molar-refractivity contribution is 5.74. The predicted octanol–water partition coefficient (Wildman–Crippen LogP) is 2.97. The van der Waals surface area contributed by atoms with Gasteiger partial charge < -0.3 is 10.2 Å². The Labute approximate surface area is 140 Å². The minimum absolute atomic E-state index is 0.00916. The molecule has 1 fully saturated rings. The molecule has 2 rings (SSSR count). The Balaban J connectivity index is 1.96. The van der Waals surface area contributed by atoms with Crippen molar-refractivity contribution in [2.75, 3.05) is 26.7 Å². The maximum Gasteiger partial charge on any atom is 0.317 e. The number of nitrogens with zero attached hydrogens (tertiary/aromatic N) is 2. The largest absolute Gasteiger partial charge is 0.335 e. The van der Waals surface area contributed by atoms with Gasteiger partial charge in [0.05, 0.1) is 0 Å². The van der Waals surface area contributed by atoms with Crippen LogP contribution in [0.1, 0.15) is 19.4 Å². The van der Waals surface area contributed by atoms with Crippen LogP contribution in [0, 0.1) is 11.8 Å². The lowest BCUT2D eigenvalue weighted by molar-refractivity contribution is 0.0482. The molecular weight excluding hydrogens is 286 g/mol. The van der Waals surface area contributed by atoms with Crippen LogP contribution < -0.4 is 5.32 Å². The van der Waals surface area contributed by atoms with E-state index in [1.807, 2.05) is 11.9 Å². The summed E-state index contributed by atoms with van der Waals surface area (Å²) >= 11 is 0. The fourth-order valence-electron chi connectivity index (χ4n) is 3.82. The summed E-state index contributed by atoms with van der Waals surface area (Å²) in [5.41, 5.74) is 1.35. The van der Waals surface area contributed by atoms with Crippen LogP contribution in [0.25, 0.3) is 0 Å². The van der Waals surface area contributed by atoms with Crippen molar-refractivity contribution >= 4 is 6.03 Å². The van der Waals surface area contributed by atoms with Gasteiger partial charge in [0.1, 0.15) is 0 Å². The van der Waals surface area contributed by atoms with Gasteiger partial charge in [-0.25, -0.2) is 4.79 Å². The third-order valence-electron chi connectivity index (χ3n) is 4.67. The zero-order chi connectivity index (χ0) is 16.8. The van der Waals surface area contributed by atoms with Crippen molar-refractivity contribution in [3.8, 4) is 0 Å². The molecule has 0 aliphatic carbocycles. The first-order valence-electron chi connectivity index (χ1n) is 8.40. The van der Waals surface area contributed by atoms with E-state index in [1.54, 1.807) is 6.08 Å². The van der Waals surface area contributed by atoms with Crippen molar-refractivity contribution in [2.45, 2.75) is 26.4 Å². The smallest absolute Gasteiger partial charge is 0.317 e. The molecule has 0 spiro atoms. The average molecular weight is 315 g/mol. The lowest BCUT2D eigenvalue weighted by Gasteiger charge is -2.45. The molecule has 126 valence electrons. The first-order chi connectivity index (χ1) is 11.0. The molecule has 2 amide bonds. The highest BCUT2D eigenvalue weighted by atomic mass is 16.2. The summed E-state index contributed by atoms with van der Waals surface area (Å²) in [6.07, 6.45) is 1.71. The van der Waals surface area contributed by atoms with Crippen LogP contribution in [0.3, 0.4) is 0 Å². The molecule has 1 aromatic carbocycles. The van der Waals surface area contributed by atoms with Gasteiger partial charge >= 0.3 is 6.03 Å². The molecule has 1 aliphatic rings. The Morgan fingerprint density at radius 2 is 1.91 bits per heavy atom. The second-order valence-electron chi connectivity index (χ2n) is 6.71. The van der Waals surface area contributed by atoms with E-state index < -0.39 is 0 Å². The summed E-state index contributed by atoms with van der Waals surface area (Å²) < 4.78 is 0. The van der Waals surface area contributed by atoms with E-state index in [2.05, 4.69) is 61.0 Å². The fraction of sp³-hybridized carbons (Fsp3) is 0.526. The number of carbonyl (C=O) groups is 1. The molecule has 4 heteroatoms. The highest BCUT2D eigenvalue weighted by Crippen LogP contribution is 2.27. The summed E-state index contributed by atoms with van der Waals surface area (Å²) in [4.78, 5) is 16.6. The highest BCUT2D eigenvalue weighted by Gasteiger charge is 2.36. The second kappa shape index (κ2) is 8.16. The molecule has 1 saturated heterocycles. The zero-order valence-electron chi connectivity index (χ0n) is 14.5. The first kappa shape index (κ1) is 17.5. The molecule has 2 atom stereocenters. The van der Waals surface area contributed by atoms with Gasteiger partial charge in [-0.1, -0.05) is 50.3 Å². The maximum atomic E-state index is 12.2. The number of benzene rings is 1. The van der Waals surface area contributed by atoms with Gasteiger partial charge in [0.25, 0.3) is 0 Å². The van der Waals surface area contributed by atoms with Crippen molar-refractivity contribution < 1.29 is 4.79 Å². The van der Waals surface area contributed by atoms with E-state index in [-0.39, 0.29) is 12.1 Å². The zero-order valence-corrected chi connectivity index (χ0v) is 14.5. The quantitative estimate of drug-likeness (QED) is 0.848. The second-order valence-corrected chi connectivity index (χ2v) is 6.71. The molecule has 0 bridgehead atoms. The molecule has 0 radical (unpaired) electrons. The Kier molecular flexibility index (Phi) is 6.22. The normalized spacial score (nSPS) is 24.9. The standard InChI is InChI=1S/C19H29N3O/c1-5-11-20-19(23)21(4)18-15(2)12-22(13-16(18)3)14-17-9-7-6-8-10-17/h5-10,15-16,18H,1,11-14H2,2-4H3,(H,20,23). The third kappa shape index (κ3) is 4.58. The fourth-order valence-corrected chi connectivity index (χ4v) is 3.82. The summed E-state index contributed by atoms with van der Waals surface area (Å²) in [6.45, 7) is 11.7. The number of urea groups is 1. The lowest BCUT2D eigenvalue weighted by Crippen LogP contribution is -2.56. The third-order valence-corrected chi connectivity index (χ3v) is 4.67. The van der Waals surface area contributed by atoms with Crippen molar-refractivity contribution in [2.24, 2.45) is 11.8 Å². The van der Waals surface area contributed by atoms with E-state index in [9.17, 15) is 4.79 Å². The van der Waals surface area contributed by atoms with E-state index in [4.69, 9.17) is 0 Å². The number of nitrogens with one attached hydrogen (secondary N) is 1. The van der Waals surface area contributed by atoms with Crippen molar-refractivity contribution in [1.82, 2.24) is 15.1 Å². The summed E-state index contributed by atoms with van der Waals surface area (Å²) in [7, 11) is 1.91. The first-order valence-corrected chi connectivity index (χ1v) is 8.40. The van der Waals surface area contributed by atoms with Crippen molar-refractivity contribution in [1.29, 1.82) is 0 Å². The number of amides is 2. The van der Waals surface area contributed by atoms with Gasteiger partial charge in [-0.15, -0.1) is 6.58 Å². The molecule has 23 heavy (non-hydrogen) atoms. The van der Waals surface area contributed by atoms with Crippen LogP contribution in [-0.2, 0) is 6.54 Å². The van der Waals surface area contributed by atoms with E-state index in [1.165, 1.54) is 5.56 Å². The predicted molar refractivity (Wildman–Crippen MR) is 95.2 cm³/mol. The van der Waals surface area contributed by atoms with E-state index >= 15 is 0 Å². The number of rotatable bonds is 5. The summed E-state index contributed by atoms with van der Waals surface area (Å²) in [5.74, 6) is 0.892. The van der Waals surface area contributed by atoms with Crippen molar-refractivity contribution in [3.05, 3.63) is 48.6 Å². The van der Waals surface area contributed by atoms with Gasteiger partial charge in [-0.2, -0.15) is 0 Å². The molecule has 1 N–H and O–H groups in total. The Morgan fingerprint density at radius 3 is 2.48 bits per heavy atom. The van der Waals surface area contributed by atoms with Crippen LogP contribution >= 0.6 is 0 Å². The number of hydrogen-bond acceptors (Lipinski definition) is 2. The lowest BCUT2D eigenvalue weighted by atomic mass is 9.84. The van der Waals surface area contributed by atoms with Crippen LogP contribution in [0.4, 0.5) is 4.79 Å². The molecule has 4 nitrogen and oxygen atoms in total. The number of piperidine rings is 1. The van der Waals surface area contributed by atoms with Gasteiger partial charge in [-0.05, 0) is 17.4 Å². The minimum atomic E-state index is -0.00916. The topological polar surface area (TPSA) is 35.6 Å². The minimum Gasteiger partial charge on any atom is -0.335 e. The van der Waals surface area contributed by atoms with Crippen LogP contribution in [0.2, 0.25) is 0 Å². The Bertz CT molecular complexity index is 505. The number of carbonyl (C=O) groups excluding carboxylic acids is 1. The molecule has 2 unspecified atom stereocenters. The van der Waals surface area contributed by atoms with E-state index in [0.717, 1.165) is 19.6 Å². The van der Waals surface area contributed by atoms with Crippen LogP contribution in [0.15, 0.2) is 43.0 Å². The summed E-state index contributed by atoms with van der Waals surface area (Å²) in [5, 5.41) is 2.88. The molecule has 1 aromatic rings. The van der Waals surface area contributed by atoms with Gasteiger partial charge in [0.15, 0.2) is 0 Å². The van der Waals surface area contributed by atoms with Crippen LogP contribution in [-0.4, -0.2) is 48.6 Å². The van der Waals surface area contributed by atoms with Crippen LogP contribution in [0.5, 0.6) is 0 Å². The number of likely N-dealkylation sites (tertiary alicyclic amines) is 1. The SMILES string of the molecule is C=CCNC(=O)N(C)C1C(C)CN(Cc2ccccc2)CC1C. The molecular formula is C19H29N3O. The molecule has 0 saturated carbocycles. The van der Waals surface area contributed by atoms with E-state index in [0.29, 0.717) is 18.4 Å². The number of hydrogen-bond donors (Lipinski definition) is 1. The molecule has 0 aromatic heterocycles. The maximum absolute atomic E-state index is 12.2. The molecule has 1 aliphatic heterocycles. The van der Waals surface area contributed by atoms with Crippen molar-refractivity contribution in [3.63, 3.8) is 0 Å². The van der Waals surface area contributed by atoms with Gasteiger partial charge in [-0.3, -0.25) is 4.90 Å².